The van der Waals surface area contributed by atoms with Gasteiger partial charge in [-0.05, 0) is 64.0 Å². The summed E-state index contributed by atoms with van der Waals surface area (Å²) in [4.78, 5) is 87.1. The lowest BCUT2D eigenvalue weighted by molar-refractivity contribution is -0.151. The molecule has 17 heteroatoms. The SMILES string of the molecule is CC[C@H](C)[C@@H]([C@@H](CC(=O)N1CCC[C@H]1[C@H](OC)[C@@H](C)C(=O)N[C@H](C(=O)OC)[C@@H](O)c1ccccc1)OC)N(C)C(=O)[C@@H](CC(=O)[C@H](C(C)C)N(C)CCOCCNC(=O)OC(C)(C)C)C(C)C. The highest BCUT2D eigenvalue weighted by atomic mass is 16.6. The van der Waals surface area contributed by atoms with Gasteiger partial charge in [0.05, 0.1) is 63.0 Å². The van der Waals surface area contributed by atoms with E-state index in [0.717, 1.165) is 0 Å². The molecule has 0 saturated carbocycles. The van der Waals surface area contributed by atoms with Crippen LogP contribution in [0.3, 0.4) is 0 Å². The molecule has 2 rings (SSSR count). The zero-order valence-electron chi connectivity index (χ0n) is 43.2. The first kappa shape index (κ1) is 59.0. The largest absolute Gasteiger partial charge is 0.467 e. The number of nitrogens with one attached hydrogen (secondary N) is 2. The Morgan fingerprint density at radius 2 is 1.54 bits per heavy atom. The molecule has 3 N–H and O–H groups in total. The predicted octanol–water partition coefficient (Wildman–Crippen LogP) is 5.03. The van der Waals surface area contributed by atoms with Gasteiger partial charge in [-0.25, -0.2) is 9.59 Å². The number of alkyl carbamates (subject to hydrolysis) is 1. The van der Waals surface area contributed by atoms with Crippen LogP contribution in [-0.4, -0.2) is 166 Å². The van der Waals surface area contributed by atoms with Crippen LogP contribution in [0, 0.1) is 29.6 Å². The molecule has 4 amide bonds. The van der Waals surface area contributed by atoms with Crippen molar-refractivity contribution in [3.05, 3.63) is 35.9 Å². The van der Waals surface area contributed by atoms with Gasteiger partial charge in [-0.3, -0.25) is 24.1 Å². The highest BCUT2D eigenvalue weighted by Gasteiger charge is 2.44. The van der Waals surface area contributed by atoms with Crippen molar-refractivity contribution in [1.29, 1.82) is 0 Å². The summed E-state index contributed by atoms with van der Waals surface area (Å²) in [6.45, 7) is 20.7. The number of nitrogens with zero attached hydrogens (tertiary/aromatic N) is 3. The molecule has 1 aliphatic rings. The number of carbonyl (C=O) groups excluding carboxylic acids is 6. The van der Waals surface area contributed by atoms with Crippen LogP contribution in [0.15, 0.2) is 30.3 Å². The minimum absolute atomic E-state index is 0.0315. The second-order valence-corrected chi connectivity index (χ2v) is 19.7. The fraction of sp³-hybridized carbons (Fsp3) is 0.760. The maximum absolute atomic E-state index is 14.6. The lowest BCUT2D eigenvalue weighted by Gasteiger charge is -2.41. The van der Waals surface area contributed by atoms with Crippen molar-refractivity contribution in [3.63, 3.8) is 0 Å². The Hall–Kier alpha value is -4.16. The van der Waals surface area contributed by atoms with Gasteiger partial charge in [-0.15, -0.1) is 0 Å². The quantitative estimate of drug-likeness (QED) is 0.0747. The highest BCUT2D eigenvalue weighted by Crippen LogP contribution is 2.31. The molecule has 10 atom stereocenters. The molecule has 0 aliphatic carbocycles. The summed E-state index contributed by atoms with van der Waals surface area (Å²) in [5.74, 6) is -3.59. The first-order valence-corrected chi connectivity index (χ1v) is 24.0. The molecule has 0 radical (unpaired) electrons. The first-order valence-electron chi connectivity index (χ1n) is 24.0. The second-order valence-electron chi connectivity index (χ2n) is 19.7. The number of likely N-dealkylation sites (tertiary alicyclic amines) is 1. The van der Waals surface area contributed by atoms with E-state index in [1.807, 2.05) is 53.5 Å². The average Bonchev–Trinajstić information content (AvgIpc) is 3.76. The molecule has 0 unspecified atom stereocenters. The minimum atomic E-state index is -1.38. The fourth-order valence-corrected chi connectivity index (χ4v) is 9.15. The van der Waals surface area contributed by atoms with Gasteiger partial charge in [-0.2, -0.15) is 0 Å². The van der Waals surface area contributed by atoms with Crippen LogP contribution in [-0.2, 0) is 47.7 Å². The number of hydrogen-bond donors (Lipinski definition) is 3. The predicted molar refractivity (Wildman–Crippen MR) is 256 cm³/mol. The lowest BCUT2D eigenvalue weighted by Crippen LogP contribution is -2.55. The van der Waals surface area contributed by atoms with Crippen molar-refractivity contribution in [2.45, 2.75) is 149 Å². The Bertz CT molecular complexity index is 1710. The normalized spacial score (nSPS) is 18.3. The van der Waals surface area contributed by atoms with Crippen LogP contribution in [0.2, 0.25) is 0 Å². The van der Waals surface area contributed by atoms with E-state index in [0.29, 0.717) is 44.5 Å². The van der Waals surface area contributed by atoms with Crippen molar-refractivity contribution in [1.82, 2.24) is 25.3 Å². The smallest absolute Gasteiger partial charge is 0.407 e. The zero-order chi connectivity index (χ0) is 50.8. The van der Waals surface area contributed by atoms with Gasteiger partial charge >= 0.3 is 12.1 Å². The van der Waals surface area contributed by atoms with Crippen LogP contribution in [0.25, 0.3) is 0 Å². The molecule has 67 heavy (non-hydrogen) atoms. The third-order valence-electron chi connectivity index (χ3n) is 13.0. The lowest BCUT2D eigenvalue weighted by atomic mass is 9.83. The molecule has 17 nitrogen and oxygen atoms in total. The van der Waals surface area contributed by atoms with Gasteiger partial charge in [0.1, 0.15) is 11.7 Å². The van der Waals surface area contributed by atoms with E-state index in [2.05, 4.69) is 10.6 Å². The van der Waals surface area contributed by atoms with Gasteiger partial charge in [-0.1, -0.05) is 85.2 Å². The molecular weight excluding hydrogens is 863 g/mol. The molecule has 382 valence electrons. The zero-order valence-corrected chi connectivity index (χ0v) is 43.2. The summed E-state index contributed by atoms with van der Waals surface area (Å²) in [6.07, 6.45) is -1.43. The molecule has 1 aromatic rings. The Morgan fingerprint density at radius 1 is 0.896 bits per heavy atom. The number of benzene rings is 1. The summed E-state index contributed by atoms with van der Waals surface area (Å²) in [5, 5.41) is 16.4. The number of Topliss-reactive ketones (excluding diaryl/α,β-unsaturated/α-hetero) is 1. The van der Waals surface area contributed by atoms with E-state index in [1.54, 1.807) is 74.9 Å². The van der Waals surface area contributed by atoms with Gasteiger partial charge in [0.25, 0.3) is 0 Å². The van der Waals surface area contributed by atoms with E-state index in [-0.39, 0.29) is 61.3 Å². The first-order chi connectivity index (χ1) is 31.4. The number of esters is 1. The van der Waals surface area contributed by atoms with Crippen molar-refractivity contribution in [2.24, 2.45) is 29.6 Å². The van der Waals surface area contributed by atoms with Gasteiger partial charge in [0.2, 0.25) is 17.7 Å². The summed E-state index contributed by atoms with van der Waals surface area (Å²) in [7, 11) is 7.80. The topological polar surface area (TPSA) is 203 Å². The molecule has 1 saturated heterocycles. The second kappa shape index (κ2) is 28.4. The Labute approximate surface area is 400 Å². The van der Waals surface area contributed by atoms with E-state index >= 15 is 0 Å². The monoisotopic (exact) mass is 948 g/mol. The van der Waals surface area contributed by atoms with E-state index < -0.39 is 77.9 Å². The number of aliphatic hydroxyl groups is 1. The molecular formula is C50H85N5O12. The maximum atomic E-state index is 14.6. The minimum Gasteiger partial charge on any atom is -0.467 e. The molecule has 1 aromatic carbocycles. The number of ether oxygens (including phenoxy) is 5. The highest BCUT2D eigenvalue weighted by molar-refractivity contribution is 5.90. The average molecular weight is 948 g/mol. The van der Waals surface area contributed by atoms with Gasteiger partial charge < -0.3 is 49.2 Å². The fourth-order valence-electron chi connectivity index (χ4n) is 9.15. The number of rotatable bonds is 28. The number of likely N-dealkylation sites (N-methyl/N-ethyl adjacent to an activating group) is 2. The number of hydrogen-bond acceptors (Lipinski definition) is 13. The molecule has 0 spiro atoms. The Morgan fingerprint density at radius 3 is 2.07 bits per heavy atom. The van der Waals surface area contributed by atoms with Crippen molar-refractivity contribution in [2.75, 3.05) is 68.3 Å². The number of carbonyl (C=O) groups is 6. The maximum Gasteiger partial charge on any atom is 0.407 e. The van der Waals surface area contributed by atoms with Crippen molar-refractivity contribution in [3.8, 4) is 0 Å². The summed E-state index contributed by atoms with van der Waals surface area (Å²) in [6, 6.07) is 5.66. The summed E-state index contributed by atoms with van der Waals surface area (Å²) in [5.41, 5.74) is -0.171. The van der Waals surface area contributed by atoms with E-state index in [4.69, 9.17) is 23.7 Å². The van der Waals surface area contributed by atoms with Gasteiger partial charge in [0.15, 0.2) is 11.8 Å². The van der Waals surface area contributed by atoms with Crippen molar-refractivity contribution < 1.29 is 57.6 Å². The summed E-state index contributed by atoms with van der Waals surface area (Å²) >= 11 is 0. The number of amides is 4. The van der Waals surface area contributed by atoms with E-state index in [9.17, 15) is 33.9 Å². The van der Waals surface area contributed by atoms with Crippen LogP contribution in [0.5, 0.6) is 0 Å². The number of aliphatic hydroxyl groups excluding tert-OH is 1. The molecule has 0 bridgehead atoms. The molecule has 1 heterocycles. The van der Waals surface area contributed by atoms with E-state index in [1.165, 1.54) is 21.3 Å². The Balaban J connectivity index is 2.21. The van der Waals surface area contributed by atoms with Crippen molar-refractivity contribution >= 4 is 35.6 Å². The molecule has 1 fully saturated rings. The third-order valence-corrected chi connectivity index (χ3v) is 13.0. The molecule has 1 aliphatic heterocycles. The van der Waals surface area contributed by atoms with Crippen LogP contribution < -0.4 is 10.6 Å². The van der Waals surface area contributed by atoms with Crippen LogP contribution in [0.4, 0.5) is 4.79 Å². The molecule has 0 aromatic heterocycles. The van der Waals surface area contributed by atoms with Crippen LogP contribution in [0.1, 0.15) is 113 Å². The Kier molecular flexibility index (Phi) is 25.0. The third kappa shape index (κ3) is 17.7. The summed E-state index contributed by atoms with van der Waals surface area (Å²) < 4.78 is 27.9. The van der Waals surface area contributed by atoms with Crippen LogP contribution >= 0.6 is 0 Å². The van der Waals surface area contributed by atoms with Gasteiger partial charge in [0, 0.05) is 53.2 Å². The standard InChI is InChI=1S/C50H85N5O12/c1-16-33(6)43(54(12)47(60)36(31(2)3)29-38(56)42(32(4)5)53(11)26-28-66-27-24-51-49(62)67-50(8,9)10)39(63-13)30-40(57)55-25-20-23-37(55)45(64-14)34(7)46(59)52-41(48(61)65-15)44(58)35-21-18-17-19-22-35/h17-19,21-22,31-34,36-37,39,41-45,58H,16,20,23-30H2,1-15H3,(H,51,62)(H,52,59)/t33-,34+,36-,37-,39+,41-,42-,43-,44-,45+/m0/s1. The number of ketones is 1. The number of methoxy groups -OCH3 is 3.